The highest BCUT2D eigenvalue weighted by Crippen LogP contribution is 2.21. The third-order valence-corrected chi connectivity index (χ3v) is 3.60. The number of rotatable bonds is 7. The van der Waals surface area contributed by atoms with Crippen molar-refractivity contribution in [3.63, 3.8) is 0 Å². The van der Waals surface area contributed by atoms with E-state index in [2.05, 4.69) is 51.9 Å². The number of aryl methyl sites for hydroxylation is 1. The Bertz CT molecular complexity index is 494. The third kappa shape index (κ3) is 4.65. The summed E-state index contributed by atoms with van der Waals surface area (Å²) in [6, 6.07) is 8.61. The number of thioether (sulfide) groups is 1. The van der Waals surface area contributed by atoms with E-state index in [9.17, 15) is 0 Å². The smallest absolute Gasteiger partial charge is 0.184 e. The van der Waals surface area contributed by atoms with E-state index in [1.165, 1.54) is 21.7 Å². The molecule has 0 fully saturated rings. The van der Waals surface area contributed by atoms with Crippen molar-refractivity contribution in [1.29, 1.82) is 0 Å². The largest absolute Gasteiger partial charge is 0.313 e. The van der Waals surface area contributed by atoms with Crippen LogP contribution in [0.2, 0.25) is 0 Å². The van der Waals surface area contributed by atoms with E-state index >= 15 is 0 Å². The van der Waals surface area contributed by atoms with E-state index in [0.29, 0.717) is 0 Å². The van der Waals surface area contributed by atoms with Gasteiger partial charge in [-0.05, 0) is 35.9 Å². The molecule has 2 rings (SSSR count). The van der Waals surface area contributed by atoms with Crippen molar-refractivity contribution >= 4 is 11.8 Å². The summed E-state index contributed by atoms with van der Waals surface area (Å²) in [4.78, 5) is 2.71. The average molecular weight is 277 g/mol. The highest BCUT2D eigenvalue weighted by atomic mass is 32.2. The molecule has 0 saturated carbocycles. The fourth-order valence-corrected chi connectivity index (χ4v) is 2.38. The lowest BCUT2D eigenvalue weighted by Gasteiger charge is -2.04. The van der Waals surface area contributed by atoms with Gasteiger partial charge in [0.05, 0.1) is 12.8 Å². The molecule has 1 aromatic heterocycles. The molecule has 6 heteroatoms. The molecule has 0 bridgehead atoms. The van der Waals surface area contributed by atoms with Gasteiger partial charge in [0.2, 0.25) is 0 Å². The van der Waals surface area contributed by atoms with Gasteiger partial charge in [0.1, 0.15) is 0 Å². The SMILES string of the molecule is CCCNCc1ccc(SCc2nnn(C)n2)cc1. The van der Waals surface area contributed by atoms with Gasteiger partial charge in [-0.3, -0.25) is 0 Å². The molecular weight excluding hydrogens is 258 g/mol. The minimum atomic E-state index is 0.751. The second-order valence-electron chi connectivity index (χ2n) is 4.30. The van der Waals surface area contributed by atoms with Crippen LogP contribution >= 0.6 is 11.8 Å². The summed E-state index contributed by atoms with van der Waals surface area (Å²) in [5.74, 6) is 1.52. The van der Waals surface area contributed by atoms with Gasteiger partial charge in [0.15, 0.2) is 5.82 Å². The Morgan fingerprint density at radius 1 is 1.26 bits per heavy atom. The lowest BCUT2D eigenvalue weighted by Crippen LogP contribution is -2.13. The topological polar surface area (TPSA) is 55.6 Å². The van der Waals surface area contributed by atoms with Crippen LogP contribution in [0.25, 0.3) is 0 Å². The Kier molecular flexibility index (Phi) is 5.35. The maximum atomic E-state index is 4.16. The van der Waals surface area contributed by atoms with E-state index in [-0.39, 0.29) is 0 Å². The molecule has 1 aromatic carbocycles. The molecule has 19 heavy (non-hydrogen) atoms. The fourth-order valence-electron chi connectivity index (χ4n) is 1.64. The number of tetrazole rings is 1. The number of nitrogens with zero attached hydrogens (tertiary/aromatic N) is 4. The Balaban J connectivity index is 1.81. The fraction of sp³-hybridized carbons (Fsp3) is 0.462. The lowest BCUT2D eigenvalue weighted by molar-refractivity contribution is 0.628. The minimum absolute atomic E-state index is 0.751. The molecule has 0 amide bonds. The van der Waals surface area contributed by atoms with Crippen LogP contribution in [0.5, 0.6) is 0 Å². The first kappa shape index (κ1) is 14.0. The summed E-state index contributed by atoms with van der Waals surface area (Å²) in [6.07, 6.45) is 1.17. The first-order chi connectivity index (χ1) is 9.28. The van der Waals surface area contributed by atoms with Crippen molar-refractivity contribution in [2.75, 3.05) is 6.54 Å². The van der Waals surface area contributed by atoms with Crippen LogP contribution in [-0.2, 0) is 19.3 Å². The summed E-state index contributed by atoms with van der Waals surface area (Å²) < 4.78 is 0. The van der Waals surface area contributed by atoms with Gasteiger partial charge in [-0.15, -0.1) is 22.0 Å². The maximum Gasteiger partial charge on any atom is 0.184 e. The quantitative estimate of drug-likeness (QED) is 0.619. The first-order valence-corrected chi connectivity index (χ1v) is 7.42. The Labute approximate surface area is 117 Å². The highest BCUT2D eigenvalue weighted by Gasteiger charge is 2.02. The van der Waals surface area contributed by atoms with Crippen molar-refractivity contribution in [3.05, 3.63) is 35.7 Å². The van der Waals surface area contributed by atoms with Crippen LogP contribution in [0.1, 0.15) is 24.7 Å². The first-order valence-electron chi connectivity index (χ1n) is 6.43. The van der Waals surface area contributed by atoms with Crippen LogP contribution in [0, 0.1) is 0 Å². The zero-order valence-corrected chi connectivity index (χ0v) is 12.2. The Hall–Kier alpha value is -1.40. The summed E-state index contributed by atoms with van der Waals surface area (Å²) in [7, 11) is 1.78. The average Bonchev–Trinajstić information content (AvgIpc) is 2.84. The van der Waals surface area contributed by atoms with Crippen LogP contribution in [0.15, 0.2) is 29.2 Å². The van der Waals surface area contributed by atoms with Gasteiger partial charge in [0, 0.05) is 11.4 Å². The zero-order chi connectivity index (χ0) is 13.5. The van der Waals surface area contributed by atoms with Crippen LogP contribution in [0.4, 0.5) is 0 Å². The van der Waals surface area contributed by atoms with E-state index in [1.54, 1.807) is 18.8 Å². The van der Waals surface area contributed by atoms with Crippen molar-refractivity contribution in [3.8, 4) is 0 Å². The molecule has 0 saturated heterocycles. The lowest BCUT2D eigenvalue weighted by atomic mass is 10.2. The molecule has 0 atom stereocenters. The number of benzene rings is 1. The Morgan fingerprint density at radius 3 is 2.68 bits per heavy atom. The standard InChI is InChI=1S/C13H19N5S/c1-3-8-14-9-11-4-6-12(7-5-11)19-10-13-15-17-18(2)16-13/h4-7,14H,3,8-10H2,1-2H3. The van der Waals surface area contributed by atoms with Gasteiger partial charge in [0.25, 0.3) is 0 Å². The molecule has 0 aliphatic rings. The molecule has 0 aliphatic carbocycles. The molecule has 1 N–H and O–H groups in total. The number of hydrogen-bond acceptors (Lipinski definition) is 5. The highest BCUT2D eigenvalue weighted by molar-refractivity contribution is 7.98. The zero-order valence-electron chi connectivity index (χ0n) is 11.3. The molecule has 2 aromatic rings. The summed E-state index contributed by atoms with van der Waals surface area (Å²) >= 11 is 1.73. The molecule has 5 nitrogen and oxygen atoms in total. The second kappa shape index (κ2) is 7.25. The van der Waals surface area contributed by atoms with Crippen molar-refractivity contribution < 1.29 is 0 Å². The van der Waals surface area contributed by atoms with Gasteiger partial charge in [-0.2, -0.15) is 4.80 Å². The summed E-state index contributed by atoms with van der Waals surface area (Å²) in [5, 5.41) is 15.3. The number of nitrogens with one attached hydrogen (secondary N) is 1. The van der Waals surface area contributed by atoms with Crippen molar-refractivity contribution in [1.82, 2.24) is 25.5 Å². The maximum absolute atomic E-state index is 4.16. The minimum Gasteiger partial charge on any atom is -0.313 e. The second-order valence-corrected chi connectivity index (χ2v) is 5.35. The number of hydrogen-bond donors (Lipinski definition) is 1. The predicted octanol–water partition coefficient (Wildman–Crippen LogP) is 2.00. The van der Waals surface area contributed by atoms with Crippen LogP contribution in [0.3, 0.4) is 0 Å². The predicted molar refractivity (Wildman–Crippen MR) is 76.8 cm³/mol. The van der Waals surface area contributed by atoms with Gasteiger partial charge in [-0.25, -0.2) is 0 Å². The number of aromatic nitrogens is 4. The van der Waals surface area contributed by atoms with Crippen molar-refractivity contribution in [2.45, 2.75) is 30.5 Å². The van der Waals surface area contributed by atoms with Crippen LogP contribution < -0.4 is 5.32 Å². The molecular formula is C13H19N5S. The molecule has 0 aliphatic heterocycles. The van der Waals surface area contributed by atoms with Gasteiger partial charge in [-0.1, -0.05) is 19.1 Å². The van der Waals surface area contributed by atoms with Gasteiger partial charge >= 0.3 is 0 Å². The molecule has 0 radical (unpaired) electrons. The molecule has 0 unspecified atom stereocenters. The van der Waals surface area contributed by atoms with E-state index in [1.807, 2.05) is 0 Å². The summed E-state index contributed by atoms with van der Waals surface area (Å²) in [5.41, 5.74) is 1.32. The van der Waals surface area contributed by atoms with Crippen molar-refractivity contribution in [2.24, 2.45) is 7.05 Å². The normalized spacial score (nSPS) is 10.8. The molecule has 1 heterocycles. The third-order valence-electron chi connectivity index (χ3n) is 2.60. The van der Waals surface area contributed by atoms with Gasteiger partial charge < -0.3 is 5.32 Å². The van der Waals surface area contributed by atoms with E-state index < -0.39 is 0 Å². The van der Waals surface area contributed by atoms with E-state index in [4.69, 9.17) is 0 Å². The monoisotopic (exact) mass is 277 g/mol. The van der Waals surface area contributed by atoms with E-state index in [0.717, 1.165) is 24.7 Å². The molecule has 102 valence electrons. The molecule has 0 spiro atoms. The Morgan fingerprint density at radius 2 is 2.05 bits per heavy atom. The van der Waals surface area contributed by atoms with Crippen LogP contribution in [-0.4, -0.2) is 26.8 Å². The summed E-state index contributed by atoms with van der Waals surface area (Å²) in [6.45, 7) is 4.17.